The minimum Gasteiger partial charge on any atom is -0.359 e. The summed E-state index contributed by atoms with van der Waals surface area (Å²) in [6, 6.07) is 2.07. The zero-order valence-electron chi connectivity index (χ0n) is 24.7. The lowest BCUT2D eigenvalue weighted by Gasteiger charge is -2.33. The van der Waals surface area contributed by atoms with E-state index in [1.807, 2.05) is 13.8 Å². The number of aromatic nitrogens is 5. The summed E-state index contributed by atoms with van der Waals surface area (Å²) in [7, 11) is 0. The molecule has 0 bridgehead atoms. The zero-order chi connectivity index (χ0) is 31.8. The predicted octanol–water partition coefficient (Wildman–Crippen LogP) is 5.34. The molecule has 3 heterocycles. The second-order valence-corrected chi connectivity index (χ2v) is 12.0. The van der Waals surface area contributed by atoms with Gasteiger partial charge in [0.2, 0.25) is 11.8 Å². The van der Waals surface area contributed by atoms with E-state index < -0.39 is 48.7 Å². The van der Waals surface area contributed by atoms with Gasteiger partial charge in [0.1, 0.15) is 12.3 Å². The molecule has 10 nitrogen and oxygen atoms in total. The molecular formula is C29H36F5N7O3. The fraction of sp³-hybridized carbons (Fsp3) is 0.621. The van der Waals surface area contributed by atoms with Gasteiger partial charge in [0.15, 0.2) is 11.8 Å². The van der Waals surface area contributed by atoms with Crippen LogP contribution in [0.25, 0.3) is 5.65 Å². The molecule has 2 N–H and O–H groups in total. The van der Waals surface area contributed by atoms with Crippen LogP contribution in [0, 0.1) is 11.8 Å². The number of nitrogens with zero attached hydrogens (tertiary/aromatic N) is 5. The molecule has 2 aliphatic rings. The Bertz CT molecular complexity index is 1470. The maximum absolute atomic E-state index is 14.0. The van der Waals surface area contributed by atoms with Gasteiger partial charge in [-0.2, -0.15) is 23.4 Å². The van der Waals surface area contributed by atoms with Crippen molar-refractivity contribution in [1.82, 2.24) is 35.0 Å². The molecule has 44 heavy (non-hydrogen) atoms. The Balaban J connectivity index is 1.38. The molecule has 3 aromatic heterocycles. The molecule has 0 saturated heterocycles. The molecule has 2 saturated carbocycles. The molecule has 0 radical (unpaired) electrons. The number of ether oxygens (including phenoxy) is 1. The van der Waals surface area contributed by atoms with Crippen LogP contribution in [0.5, 0.6) is 0 Å². The number of hydrogen-bond acceptors (Lipinski definition) is 6. The summed E-state index contributed by atoms with van der Waals surface area (Å²) in [5, 5.41) is 14.4. The molecule has 240 valence electrons. The van der Waals surface area contributed by atoms with E-state index in [9.17, 15) is 31.5 Å². The molecular weight excluding hydrogens is 589 g/mol. The Morgan fingerprint density at radius 1 is 1.05 bits per heavy atom. The third-order valence-corrected chi connectivity index (χ3v) is 8.28. The van der Waals surface area contributed by atoms with Gasteiger partial charge < -0.3 is 15.4 Å². The largest absolute Gasteiger partial charge is 0.414 e. The summed E-state index contributed by atoms with van der Waals surface area (Å²) < 4.78 is 74.2. The van der Waals surface area contributed by atoms with E-state index in [0.29, 0.717) is 22.6 Å². The first-order valence-electron chi connectivity index (χ1n) is 14.8. The third-order valence-electron chi connectivity index (χ3n) is 8.28. The smallest absolute Gasteiger partial charge is 0.359 e. The van der Waals surface area contributed by atoms with Crippen molar-refractivity contribution in [3.05, 3.63) is 47.7 Å². The second-order valence-electron chi connectivity index (χ2n) is 12.0. The zero-order valence-corrected chi connectivity index (χ0v) is 24.7. The number of halogens is 5. The van der Waals surface area contributed by atoms with Crippen LogP contribution in [0.1, 0.15) is 99.2 Å². The first kappa shape index (κ1) is 31.8. The van der Waals surface area contributed by atoms with Crippen molar-refractivity contribution in [3.8, 4) is 0 Å². The van der Waals surface area contributed by atoms with Gasteiger partial charge in [-0.15, -0.1) is 0 Å². The first-order valence-corrected chi connectivity index (χ1v) is 14.8. The summed E-state index contributed by atoms with van der Waals surface area (Å²) in [6.07, 6.45) is -0.484. The number of nitrogens with one attached hydrogen (secondary N) is 2. The normalized spacial score (nSPS) is 19.6. The van der Waals surface area contributed by atoms with E-state index in [-0.39, 0.29) is 43.6 Å². The van der Waals surface area contributed by atoms with Gasteiger partial charge in [-0.1, -0.05) is 0 Å². The Morgan fingerprint density at radius 2 is 1.73 bits per heavy atom. The fourth-order valence-electron chi connectivity index (χ4n) is 5.59. The van der Waals surface area contributed by atoms with Crippen molar-refractivity contribution in [2.45, 2.75) is 95.6 Å². The van der Waals surface area contributed by atoms with Crippen LogP contribution in [0.4, 0.5) is 22.0 Å². The summed E-state index contributed by atoms with van der Waals surface area (Å²) >= 11 is 0. The molecule has 5 rings (SSSR count). The fourth-order valence-corrected chi connectivity index (χ4v) is 5.59. The van der Waals surface area contributed by atoms with Crippen molar-refractivity contribution in [1.29, 1.82) is 0 Å². The van der Waals surface area contributed by atoms with E-state index in [1.54, 1.807) is 29.2 Å². The van der Waals surface area contributed by atoms with Crippen LogP contribution >= 0.6 is 0 Å². The van der Waals surface area contributed by atoms with Crippen LogP contribution in [0.15, 0.2) is 30.7 Å². The third kappa shape index (κ3) is 7.36. The number of carbonyl (C=O) groups is 2. The van der Waals surface area contributed by atoms with Gasteiger partial charge in [-0.05, 0) is 76.0 Å². The van der Waals surface area contributed by atoms with Crippen molar-refractivity contribution in [2.75, 3.05) is 6.61 Å². The number of hydrogen-bond donors (Lipinski definition) is 2. The number of imidazole rings is 1. The number of rotatable bonds is 11. The van der Waals surface area contributed by atoms with Gasteiger partial charge in [-0.3, -0.25) is 14.3 Å². The van der Waals surface area contributed by atoms with Crippen LogP contribution in [-0.2, 0) is 9.53 Å². The van der Waals surface area contributed by atoms with E-state index in [4.69, 9.17) is 9.72 Å². The quantitative estimate of drug-likeness (QED) is 0.278. The Labute approximate surface area is 250 Å². The highest BCUT2D eigenvalue weighted by atomic mass is 19.4. The molecule has 15 heteroatoms. The molecule has 3 aromatic rings. The Morgan fingerprint density at radius 3 is 2.36 bits per heavy atom. The molecule has 0 aromatic carbocycles. The van der Waals surface area contributed by atoms with E-state index in [2.05, 4.69) is 20.8 Å². The van der Waals surface area contributed by atoms with Gasteiger partial charge in [0, 0.05) is 25.1 Å². The van der Waals surface area contributed by atoms with Crippen molar-refractivity contribution in [2.24, 2.45) is 11.8 Å². The maximum atomic E-state index is 14.0. The molecule has 2 fully saturated rings. The highest BCUT2D eigenvalue weighted by molar-refractivity contribution is 5.92. The van der Waals surface area contributed by atoms with E-state index in [0.717, 1.165) is 19.8 Å². The van der Waals surface area contributed by atoms with Gasteiger partial charge in [0.25, 0.3) is 5.91 Å². The van der Waals surface area contributed by atoms with Crippen LogP contribution < -0.4 is 10.6 Å². The van der Waals surface area contributed by atoms with Gasteiger partial charge >= 0.3 is 6.18 Å². The predicted molar refractivity (Wildman–Crippen MR) is 148 cm³/mol. The summed E-state index contributed by atoms with van der Waals surface area (Å²) in [6.45, 7) is 3.88. The van der Waals surface area contributed by atoms with Crippen molar-refractivity contribution < 1.29 is 36.3 Å². The van der Waals surface area contributed by atoms with Gasteiger partial charge in [0.05, 0.1) is 30.2 Å². The lowest BCUT2D eigenvalue weighted by Crippen LogP contribution is -2.38. The summed E-state index contributed by atoms with van der Waals surface area (Å²) in [5.74, 6) is -4.05. The number of amides is 2. The summed E-state index contributed by atoms with van der Waals surface area (Å²) in [4.78, 5) is 30.6. The van der Waals surface area contributed by atoms with Crippen LogP contribution in [0.3, 0.4) is 0 Å². The molecule has 3 atom stereocenters. The lowest BCUT2D eigenvalue weighted by molar-refractivity contribution is -0.213. The Hall–Kier alpha value is -3.62. The minimum atomic E-state index is -4.57. The minimum absolute atomic E-state index is 0.0742. The number of fused-ring (bicyclic) bond motifs is 1. The SMILES string of the molecule is CC(C)n1nccc1C(=O)N[C@H](c1cn2ncc(C(NC(=O)CO[C@@H](C)C(F)(F)F)C3CC3)cc2n1)C1CCC(F)(F)CC1. The van der Waals surface area contributed by atoms with Crippen LogP contribution in [-0.4, -0.2) is 61.0 Å². The monoisotopic (exact) mass is 625 g/mol. The number of carbonyl (C=O) groups excluding carboxylic acids is 2. The van der Waals surface area contributed by atoms with Crippen molar-refractivity contribution in [3.63, 3.8) is 0 Å². The molecule has 0 spiro atoms. The average molecular weight is 626 g/mol. The van der Waals surface area contributed by atoms with Crippen LogP contribution in [0.2, 0.25) is 0 Å². The second kappa shape index (κ2) is 12.4. The van der Waals surface area contributed by atoms with E-state index in [1.165, 1.54) is 10.7 Å². The van der Waals surface area contributed by atoms with Crippen molar-refractivity contribution >= 4 is 17.5 Å². The van der Waals surface area contributed by atoms with Gasteiger partial charge in [-0.25, -0.2) is 18.3 Å². The Kier molecular flexibility index (Phi) is 8.96. The topological polar surface area (TPSA) is 115 Å². The first-order chi connectivity index (χ1) is 20.7. The highest BCUT2D eigenvalue weighted by Crippen LogP contribution is 2.43. The van der Waals surface area contributed by atoms with E-state index >= 15 is 0 Å². The maximum Gasteiger partial charge on any atom is 0.414 e. The molecule has 2 amide bonds. The summed E-state index contributed by atoms with van der Waals surface area (Å²) in [5.41, 5.74) is 1.82. The number of alkyl halides is 5. The average Bonchev–Trinajstić information content (AvgIpc) is 3.50. The molecule has 0 aliphatic heterocycles. The lowest BCUT2D eigenvalue weighted by atomic mass is 9.81. The molecule has 2 aliphatic carbocycles. The highest BCUT2D eigenvalue weighted by Gasteiger charge is 2.40. The standard InChI is InChI=1S/C29H36F5N7O3/c1-16(2)41-22(8-11-35-41)27(43)39-26(19-6-9-28(30,31)10-7-19)21-14-40-23(37-21)12-20(13-36-40)25(18-4-5-18)38-24(42)15-44-17(3)29(32,33)34/h8,11-14,16-19,25-26H,4-7,9-10,15H2,1-3H3,(H,38,42)(H,39,43)/t17-,25?,26-/m0/s1. The molecule has 1 unspecified atom stereocenters.